The van der Waals surface area contributed by atoms with E-state index in [1.54, 1.807) is 12.1 Å². The average molecular weight is 316 g/mol. The smallest absolute Gasteiger partial charge is 0.159 e. The van der Waals surface area contributed by atoms with Crippen molar-refractivity contribution < 1.29 is 8.78 Å². The van der Waals surface area contributed by atoms with Gasteiger partial charge in [-0.25, -0.2) is 8.78 Å². The second kappa shape index (κ2) is 6.53. The lowest BCUT2D eigenvalue weighted by molar-refractivity contribution is 0.504. The van der Waals surface area contributed by atoms with Gasteiger partial charge in [0.2, 0.25) is 0 Å². The first-order chi connectivity index (χ1) is 9.54. The molecule has 5 heteroatoms. The highest BCUT2D eigenvalue weighted by Gasteiger charge is 2.18. The largest absolute Gasteiger partial charge is 0.306 e. The summed E-state index contributed by atoms with van der Waals surface area (Å²) in [5.41, 5.74) is 1.32. The van der Waals surface area contributed by atoms with E-state index in [1.807, 2.05) is 13.0 Å². The summed E-state index contributed by atoms with van der Waals surface area (Å²) in [6.45, 7) is 2.57. The van der Waals surface area contributed by atoms with Crippen molar-refractivity contribution >= 4 is 23.2 Å². The monoisotopic (exact) mass is 315 g/mol. The summed E-state index contributed by atoms with van der Waals surface area (Å²) in [6.07, 6.45) is 0. The SMILES string of the molecule is CCNC(c1ccc(F)c(F)c1)c1cccc(Cl)c1Cl. The van der Waals surface area contributed by atoms with E-state index in [9.17, 15) is 8.78 Å². The molecule has 0 saturated carbocycles. The third kappa shape index (κ3) is 3.11. The number of hydrogen-bond donors (Lipinski definition) is 1. The first-order valence-electron chi connectivity index (χ1n) is 6.16. The minimum atomic E-state index is -0.886. The predicted octanol–water partition coefficient (Wildman–Crippen LogP) is 4.97. The Morgan fingerprint density at radius 1 is 1.10 bits per heavy atom. The van der Waals surface area contributed by atoms with Gasteiger partial charge in [0.15, 0.2) is 11.6 Å². The number of rotatable bonds is 4. The molecular formula is C15H13Cl2F2N. The molecule has 2 rings (SSSR count). The zero-order chi connectivity index (χ0) is 14.7. The molecule has 0 saturated heterocycles. The van der Waals surface area contributed by atoms with Crippen molar-refractivity contribution in [2.75, 3.05) is 6.54 Å². The van der Waals surface area contributed by atoms with Crippen molar-refractivity contribution in [1.82, 2.24) is 5.32 Å². The molecule has 0 bridgehead atoms. The van der Waals surface area contributed by atoms with Gasteiger partial charge in [0, 0.05) is 0 Å². The van der Waals surface area contributed by atoms with Gasteiger partial charge in [-0.3, -0.25) is 0 Å². The molecule has 0 aromatic heterocycles. The van der Waals surface area contributed by atoms with E-state index in [4.69, 9.17) is 23.2 Å². The van der Waals surface area contributed by atoms with E-state index >= 15 is 0 Å². The van der Waals surface area contributed by atoms with Crippen LogP contribution in [0, 0.1) is 11.6 Å². The van der Waals surface area contributed by atoms with E-state index in [1.165, 1.54) is 12.1 Å². The van der Waals surface area contributed by atoms with Gasteiger partial charge < -0.3 is 5.32 Å². The molecule has 0 radical (unpaired) electrons. The molecular weight excluding hydrogens is 303 g/mol. The summed E-state index contributed by atoms with van der Waals surface area (Å²) >= 11 is 12.2. The lowest BCUT2D eigenvalue weighted by atomic mass is 9.98. The van der Waals surface area contributed by atoms with Crippen molar-refractivity contribution in [2.45, 2.75) is 13.0 Å². The van der Waals surface area contributed by atoms with E-state index < -0.39 is 11.6 Å². The molecule has 1 nitrogen and oxygen atoms in total. The third-order valence-electron chi connectivity index (χ3n) is 2.98. The fourth-order valence-corrected chi connectivity index (χ4v) is 2.46. The van der Waals surface area contributed by atoms with Crippen LogP contribution in [-0.4, -0.2) is 6.54 Å². The molecule has 106 valence electrons. The standard InChI is InChI=1S/C15H13Cl2F2N/c1-2-20-15(9-6-7-12(18)13(19)8-9)10-4-3-5-11(16)14(10)17/h3-8,15,20H,2H2,1H3. The fourth-order valence-electron chi connectivity index (χ4n) is 2.05. The molecule has 2 aromatic carbocycles. The van der Waals surface area contributed by atoms with Crippen LogP contribution in [0.15, 0.2) is 36.4 Å². The molecule has 0 spiro atoms. The molecule has 2 aromatic rings. The summed E-state index contributed by atoms with van der Waals surface area (Å²) < 4.78 is 26.5. The number of halogens is 4. The Morgan fingerprint density at radius 3 is 2.50 bits per heavy atom. The third-order valence-corrected chi connectivity index (χ3v) is 3.81. The topological polar surface area (TPSA) is 12.0 Å². The Balaban J connectivity index is 2.50. The van der Waals surface area contributed by atoms with Gasteiger partial charge in [0.25, 0.3) is 0 Å². The maximum atomic E-state index is 13.4. The molecule has 0 fully saturated rings. The van der Waals surface area contributed by atoms with Gasteiger partial charge in [0.1, 0.15) is 0 Å². The molecule has 1 N–H and O–H groups in total. The van der Waals surface area contributed by atoms with Crippen molar-refractivity contribution in [1.29, 1.82) is 0 Å². The van der Waals surface area contributed by atoms with Crippen LogP contribution >= 0.6 is 23.2 Å². The van der Waals surface area contributed by atoms with Crippen LogP contribution in [0.5, 0.6) is 0 Å². The highest BCUT2D eigenvalue weighted by molar-refractivity contribution is 6.42. The molecule has 0 aliphatic carbocycles. The minimum absolute atomic E-state index is 0.346. The average Bonchev–Trinajstić information content (AvgIpc) is 2.43. The Labute approximate surface area is 126 Å². The van der Waals surface area contributed by atoms with Crippen LogP contribution in [-0.2, 0) is 0 Å². The van der Waals surface area contributed by atoms with E-state index in [0.717, 1.165) is 11.6 Å². The van der Waals surface area contributed by atoms with Crippen LogP contribution in [0.1, 0.15) is 24.1 Å². The predicted molar refractivity (Wildman–Crippen MR) is 78.3 cm³/mol. The van der Waals surface area contributed by atoms with Crippen LogP contribution < -0.4 is 5.32 Å². The first kappa shape index (κ1) is 15.2. The Morgan fingerprint density at radius 2 is 1.85 bits per heavy atom. The Kier molecular flexibility index (Phi) is 4.97. The Hall–Kier alpha value is -1.16. The molecule has 20 heavy (non-hydrogen) atoms. The quantitative estimate of drug-likeness (QED) is 0.840. The summed E-state index contributed by atoms with van der Waals surface area (Å²) in [6, 6.07) is 8.72. The van der Waals surface area contributed by atoms with Crippen LogP contribution in [0.3, 0.4) is 0 Å². The summed E-state index contributed by atoms with van der Waals surface area (Å²) in [4.78, 5) is 0. The maximum Gasteiger partial charge on any atom is 0.159 e. The van der Waals surface area contributed by atoms with Gasteiger partial charge in [-0.1, -0.05) is 48.3 Å². The summed E-state index contributed by atoms with van der Waals surface area (Å²) in [7, 11) is 0. The normalized spacial score (nSPS) is 12.4. The summed E-state index contributed by atoms with van der Waals surface area (Å²) in [5, 5.41) is 4.03. The van der Waals surface area contributed by atoms with E-state index in [0.29, 0.717) is 22.2 Å². The van der Waals surface area contributed by atoms with Crippen LogP contribution in [0.25, 0.3) is 0 Å². The second-order valence-electron chi connectivity index (χ2n) is 4.31. The number of hydrogen-bond acceptors (Lipinski definition) is 1. The molecule has 0 heterocycles. The van der Waals surface area contributed by atoms with Gasteiger partial charge >= 0.3 is 0 Å². The van der Waals surface area contributed by atoms with Gasteiger partial charge in [0.05, 0.1) is 16.1 Å². The number of nitrogens with one attached hydrogen (secondary N) is 1. The minimum Gasteiger partial charge on any atom is -0.306 e. The van der Waals surface area contributed by atoms with Crippen molar-refractivity contribution in [3.63, 3.8) is 0 Å². The van der Waals surface area contributed by atoms with Crippen LogP contribution in [0.4, 0.5) is 8.78 Å². The van der Waals surface area contributed by atoms with Gasteiger partial charge in [-0.15, -0.1) is 0 Å². The second-order valence-corrected chi connectivity index (χ2v) is 5.09. The molecule has 1 unspecified atom stereocenters. The van der Waals surface area contributed by atoms with Crippen LogP contribution in [0.2, 0.25) is 10.0 Å². The number of benzene rings is 2. The lowest BCUT2D eigenvalue weighted by Crippen LogP contribution is -2.22. The zero-order valence-electron chi connectivity index (χ0n) is 10.8. The van der Waals surface area contributed by atoms with E-state index in [-0.39, 0.29) is 6.04 Å². The van der Waals surface area contributed by atoms with Crippen molar-refractivity contribution in [2.24, 2.45) is 0 Å². The fraction of sp³-hybridized carbons (Fsp3) is 0.200. The summed E-state index contributed by atoms with van der Waals surface area (Å²) in [5.74, 6) is -1.76. The van der Waals surface area contributed by atoms with Crippen molar-refractivity contribution in [3.05, 3.63) is 69.2 Å². The highest BCUT2D eigenvalue weighted by Crippen LogP contribution is 2.33. The maximum absolute atomic E-state index is 13.4. The lowest BCUT2D eigenvalue weighted by Gasteiger charge is -2.20. The first-order valence-corrected chi connectivity index (χ1v) is 6.92. The van der Waals surface area contributed by atoms with Crippen molar-refractivity contribution in [3.8, 4) is 0 Å². The molecule has 1 atom stereocenters. The highest BCUT2D eigenvalue weighted by atomic mass is 35.5. The van der Waals surface area contributed by atoms with Gasteiger partial charge in [-0.05, 0) is 35.9 Å². The molecule has 0 aliphatic heterocycles. The molecule has 0 aliphatic rings. The molecule has 0 amide bonds. The van der Waals surface area contributed by atoms with Gasteiger partial charge in [-0.2, -0.15) is 0 Å². The Bertz CT molecular complexity index is 617. The van der Waals surface area contributed by atoms with E-state index in [2.05, 4.69) is 5.32 Å². The zero-order valence-corrected chi connectivity index (χ0v) is 12.3.